The van der Waals surface area contributed by atoms with Gasteiger partial charge in [-0.3, -0.25) is 14.5 Å². The number of methoxy groups -OCH3 is 1. The highest BCUT2D eigenvalue weighted by Gasteiger charge is 2.48. The van der Waals surface area contributed by atoms with E-state index < -0.39 is 17.7 Å². The average molecular weight is 414 g/mol. The molecular formula is C24H18N2O5. The predicted molar refractivity (Wildman–Crippen MR) is 112 cm³/mol. The Morgan fingerprint density at radius 3 is 2.29 bits per heavy atom. The summed E-state index contributed by atoms with van der Waals surface area (Å²) in [4.78, 5) is 27.3. The molecule has 1 atom stereocenters. The number of ether oxygens (including phenoxy) is 1. The lowest BCUT2D eigenvalue weighted by molar-refractivity contribution is -0.132. The number of carbonyl (C=O) groups is 2. The number of aliphatic hydroxyl groups is 1. The quantitative estimate of drug-likeness (QED) is 0.392. The molecule has 154 valence electrons. The topological polar surface area (TPSA) is 104 Å². The van der Waals surface area contributed by atoms with Crippen LogP contribution in [-0.2, 0) is 9.59 Å². The number of aliphatic hydroxyl groups excluding tert-OH is 1. The summed E-state index contributed by atoms with van der Waals surface area (Å²) < 4.78 is 10.9. The third-order valence-corrected chi connectivity index (χ3v) is 5.11. The zero-order chi connectivity index (χ0) is 22.1. The molecule has 7 heteroatoms. The number of aryl methyl sites for hydroxylation is 1. The molecule has 1 amide bonds. The lowest BCUT2D eigenvalue weighted by Crippen LogP contribution is -2.29. The van der Waals surface area contributed by atoms with E-state index in [2.05, 4.69) is 0 Å². The van der Waals surface area contributed by atoms with Crippen LogP contribution in [0.3, 0.4) is 0 Å². The first-order valence-corrected chi connectivity index (χ1v) is 9.46. The molecule has 0 bridgehead atoms. The number of ketones is 1. The van der Waals surface area contributed by atoms with Gasteiger partial charge in [0.05, 0.1) is 24.3 Å². The number of carbonyl (C=O) groups excluding carboxylic acids is 2. The number of hydrogen-bond acceptors (Lipinski definition) is 6. The van der Waals surface area contributed by atoms with Gasteiger partial charge in [0.1, 0.15) is 29.1 Å². The summed E-state index contributed by atoms with van der Waals surface area (Å²) in [6.45, 7) is 1.75. The van der Waals surface area contributed by atoms with E-state index in [0.29, 0.717) is 34.1 Å². The van der Waals surface area contributed by atoms with Crippen molar-refractivity contribution < 1.29 is 23.8 Å². The molecule has 31 heavy (non-hydrogen) atoms. The number of hydrogen-bond donors (Lipinski definition) is 1. The molecule has 0 spiro atoms. The SMILES string of the molecule is COc1ccc(/C(O)=C2/C(=O)C(=O)N(c3ccc(C#N)cc3)C2c2ccc(C)o2)cc1. The summed E-state index contributed by atoms with van der Waals surface area (Å²) in [5.41, 5.74) is 1.12. The van der Waals surface area contributed by atoms with Crippen LogP contribution >= 0.6 is 0 Å². The number of nitriles is 1. The molecule has 1 aliphatic rings. The van der Waals surface area contributed by atoms with Crippen molar-refractivity contribution in [1.82, 2.24) is 0 Å². The molecule has 1 aromatic heterocycles. The van der Waals surface area contributed by atoms with E-state index in [-0.39, 0.29) is 11.3 Å². The van der Waals surface area contributed by atoms with Crippen molar-refractivity contribution in [3.8, 4) is 11.8 Å². The van der Waals surface area contributed by atoms with Crippen molar-refractivity contribution in [2.75, 3.05) is 12.0 Å². The lowest BCUT2D eigenvalue weighted by Gasteiger charge is -2.23. The highest BCUT2D eigenvalue weighted by Crippen LogP contribution is 2.42. The van der Waals surface area contributed by atoms with Crippen LogP contribution in [-0.4, -0.2) is 23.9 Å². The Morgan fingerprint density at radius 2 is 1.74 bits per heavy atom. The Balaban J connectivity index is 1.89. The Kier molecular flexibility index (Phi) is 5.05. The average Bonchev–Trinajstić information content (AvgIpc) is 3.34. The summed E-state index contributed by atoms with van der Waals surface area (Å²) in [5, 5.41) is 20.1. The standard InChI is InChI=1S/C24H18N2O5/c1-14-3-12-19(31-14)21-20(22(27)16-6-10-18(30-2)11-7-16)23(28)24(29)26(21)17-8-4-15(13-25)5-9-17/h3-12,21,27H,1-2H3/b22-20-. The van der Waals surface area contributed by atoms with Gasteiger partial charge in [0, 0.05) is 11.3 Å². The van der Waals surface area contributed by atoms with Crippen LogP contribution in [0.15, 0.2) is 70.7 Å². The monoisotopic (exact) mass is 414 g/mol. The fraction of sp³-hybridized carbons (Fsp3) is 0.125. The summed E-state index contributed by atoms with van der Waals surface area (Å²) in [6.07, 6.45) is 0. The number of anilines is 1. The van der Waals surface area contributed by atoms with Crippen LogP contribution in [0.5, 0.6) is 5.75 Å². The molecule has 2 heterocycles. The molecule has 4 rings (SSSR count). The first-order chi connectivity index (χ1) is 14.9. The zero-order valence-electron chi connectivity index (χ0n) is 16.8. The molecule has 1 fully saturated rings. The van der Waals surface area contributed by atoms with Gasteiger partial charge in [0.2, 0.25) is 0 Å². The number of amides is 1. The van der Waals surface area contributed by atoms with Gasteiger partial charge >= 0.3 is 0 Å². The lowest BCUT2D eigenvalue weighted by atomic mass is 9.99. The van der Waals surface area contributed by atoms with E-state index in [9.17, 15) is 14.7 Å². The summed E-state index contributed by atoms with van der Waals surface area (Å²) >= 11 is 0. The van der Waals surface area contributed by atoms with Gasteiger partial charge in [0.25, 0.3) is 11.7 Å². The smallest absolute Gasteiger partial charge is 0.300 e. The van der Waals surface area contributed by atoms with Crippen molar-refractivity contribution in [3.05, 3.63) is 88.9 Å². The maximum Gasteiger partial charge on any atom is 0.300 e. The van der Waals surface area contributed by atoms with E-state index in [0.717, 1.165) is 0 Å². The van der Waals surface area contributed by atoms with Gasteiger partial charge < -0.3 is 14.3 Å². The molecular weight excluding hydrogens is 396 g/mol. The molecule has 7 nitrogen and oxygen atoms in total. The molecule has 1 saturated heterocycles. The Bertz CT molecular complexity index is 1230. The second-order valence-electron chi connectivity index (χ2n) is 7.00. The fourth-order valence-electron chi connectivity index (χ4n) is 3.57. The van der Waals surface area contributed by atoms with Crippen LogP contribution in [0.25, 0.3) is 5.76 Å². The molecule has 3 aromatic rings. The van der Waals surface area contributed by atoms with Gasteiger partial charge in [-0.2, -0.15) is 5.26 Å². The second-order valence-corrected chi connectivity index (χ2v) is 7.00. The summed E-state index contributed by atoms with van der Waals surface area (Å²) in [7, 11) is 1.53. The van der Waals surface area contributed by atoms with Gasteiger partial charge in [-0.25, -0.2) is 0 Å². The second kappa shape index (κ2) is 7.84. The number of benzene rings is 2. The van der Waals surface area contributed by atoms with Crippen LogP contribution < -0.4 is 9.64 Å². The minimum absolute atomic E-state index is 0.0751. The van der Waals surface area contributed by atoms with Crippen molar-refractivity contribution >= 4 is 23.1 Å². The first-order valence-electron chi connectivity index (χ1n) is 9.46. The zero-order valence-corrected chi connectivity index (χ0v) is 16.8. The number of furan rings is 1. The summed E-state index contributed by atoms with van der Waals surface area (Å²) in [5.74, 6) is -0.388. The summed E-state index contributed by atoms with van der Waals surface area (Å²) in [6, 6.07) is 17.3. The Labute approximate surface area is 178 Å². The van der Waals surface area contributed by atoms with Gasteiger partial charge in [-0.15, -0.1) is 0 Å². The van der Waals surface area contributed by atoms with Crippen molar-refractivity contribution in [2.24, 2.45) is 0 Å². The Morgan fingerprint density at radius 1 is 1.06 bits per heavy atom. The molecule has 0 saturated carbocycles. The van der Waals surface area contributed by atoms with E-state index in [1.54, 1.807) is 67.6 Å². The third kappa shape index (κ3) is 3.45. The van der Waals surface area contributed by atoms with Crippen molar-refractivity contribution in [1.29, 1.82) is 5.26 Å². The van der Waals surface area contributed by atoms with E-state index in [1.807, 2.05) is 6.07 Å². The highest BCUT2D eigenvalue weighted by molar-refractivity contribution is 6.51. The maximum atomic E-state index is 13.0. The number of rotatable bonds is 4. The van der Waals surface area contributed by atoms with E-state index in [1.165, 1.54) is 12.0 Å². The third-order valence-electron chi connectivity index (χ3n) is 5.11. The van der Waals surface area contributed by atoms with Gasteiger partial charge in [-0.05, 0) is 67.6 Å². The van der Waals surface area contributed by atoms with Gasteiger partial charge in [0.15, 0.2) is 0 Å². The largest absolute Gasteiger partial charge is 0.507 e. The minimum atomic E-state index is -0.955. The molecule has 1 unspecified atom stereocenters. The highest BCUT2D eigenvalue weighted by atomic mass is 16.5. The van der Waals surface area contributed by atoms with E-state index >= 15 is 0 Å². The predicted octanol–water partition coefficient (Wildman–Crippen LogP) is 4.09. The molecule has 0 aliphatic carbocycles. The van der Waals surface area contributed by atoms with Crippen LogP contribution in [0.4, 0.5) is 5.69 Å². The number of nitrogens with zero attached hydrogens (tertiary/aromatic N) is 2. The minimum Gasteiger partial charge on any atom is -0.507 e. The van der Waals surface area contributed by atoms with Gasteiger partial charge in [-0.1, -0.05) is 0 Å². The fourth-order valence-corrected chi connectivity index (χ4v) is 3.57. The van der Waals surface area contributed by atoms with Crippen LogP contribution in [0, 0.1) is 18.3 Å². The molecule has 0 radical (unpaired) electrons. The maximum absolute atomic E-state index is 13.0. The number of Topliss-reactive ketones (excluding diaryl/α,β-unsaturated/α-hetero) is 1. The molecule has 1 N–H and O–H groups in total. The van der Waals surface area contributed by atoms with Crippen molar-refractivity contribution in [3.63, 3.8) is 0 Å². The molecule has 1 aliphatic heterocycles. The van der Waals surface area contributed by atoms with Crippen LogP contribution in [0.1, 0.15) is 28.7 Å². The molecule has 2 aromatic carbocycles. The van der Waals surface area contributed by atoms with Crippen molar-refractivity contribution in [2.45, 2.75) is 13.0 Å². The normalized spacial score (nSPS) is 17.6. The Hall–Kier alpha value is -4.31. The van der Waals surface area contributed by atoms with Crippen LogP contribution in [0.2, 0.25) is 0 Å². The first kappa shape index (κ1) is 20.0. The van der Waals surface area contributed by atoms with E-state index in [4.69, 9.17) is 14.4 Å².